The lowest BCUT2D eigenvalue weighted by molar-refractivity contribution is -0.131. The van der Waals surface area contributed by atoms with Gasteiger partial charge in [0.25, 0.3) is 0 Å². The van der Waals surface area contributed by atoms with E-state index in [9.17, 15) is 31.9 Å². The van der Waals surface area contributed by atoms with Crippen LogP contribution in [0.25, 0.3) is 0 Å². The van der Waals surface area contributed by atoms with Crippen LogP contribution >= 0.6 is 12.4 Å². The normalized spacial score (nSPS) is 15.7. The van der Waals surface area contributed by atoms with Crippen LogP contribution in [-0.4, -0.2) is 61.1 Å². The number of aliphatic hydroxyl groups excluding tert-OH is 1. The third-order valence-electron chi connectivity index (χ3n) is 8.99. The fourth-order valence-electron chi connectivity index (χ4n) is 6.37. The third kappa shape index (κ3) is 13.4. The molecule has 4 N–H and O–H groups in total. The summed E-state index contributed by atoms with van der Waals surface area (Å²) in [5, 5.41) is 19.3. The second-order valence-electron chi connectivity index (χ2n) is 12.9. The molecule has 0 radical (unpaired) electrons. The van der Waals surface area contributed by atoms with Crippen LogP contribution in [0.4, 0.5) is 8.78 Å². The Labute approximate surface area is 291 Å². The molecule has 48 heavy (non-hydrogen) atoms. The van der Waals surface area contributed by atoms with E-state index in [0.29, 0.717) is 45.1 Å². The Morgan fingerprint density at radius 3 is 2.12 bits per heavy atom. The van der Waals surface area contributed by atoms with Gasteiger partial charge in [0.05, 0.1) is 23.1 Å². The fourth-order valence-corrected chi connectivity index (χ4v) is 8.53. The summed E-state index contributed by atoms with van der Waals surface area (Å²) < 4.78 is 55.5. The summed E-state index contributed by atoms with van der Waals surface area (Å²) in [5.41, 5.74) is 2.39. The molecule has 2 amide bonds. The van der Waals surface area contributed by atoms with Crippen LogP contribution in [0.5, 0.6) is 0 Å². The zero-order valence-corrected chi connectivity index (χ0v) is 30.1. The van der Waals surface area contributed by atoms with Crippen molar-refractivity contribution in [1.29, 1.82) is 0 Å². The number of hydrogen-bond acceptors (Lipinski definition) is 6. The molecule has 0 spiro atoms. The van der Waals surface area contributed by atoms with Crippen molar-refractivity contribution in [3.05, 3.63) is 70.8 Å². The van der Waals surface area contributed by atoms with Crippen LogP contribution in [0.3, 0.4) is 0 Å². The summed E-state index contributed by atoms with van der Waals surface area (Å²) >= 11 is 0. The van der Waals surface area contributed by atoms with Gasteiger partial charge in [0, 0.05) is 25.1 Å². The van der Waals surface area contributed by atoms with Crippen LogP contribution in [0.2, 0.25) is 0 Å². The first-order valence-electron chi connectivity index (χ1n) is 17.2. The van der Waals surface area contributed by atoms with E-state index in [1.165, 1.54) is 5.56 Å². The molecule has 3 rings (SSSR count). The second kappa shape index (κ2) is 20.8. The zero-order valence-electron chi connectivity index (χ0n) is 28.5. The van der Waals surface area contributed by atoms with Crippen molar-refractivity contribution in [3.63, 3.8) is 0 Å². The molecule has 1 saturated carbocycles. The smallest absolute Gasteiger partial charge is 0.243 e. The number of carbonyl (C=O) groups is 2. The molecule has 3 atom stereocenters. The highest BCUT2D eigenvalue weighted by Gasteiger charge is 2.35. The van der Waals surface area contributed by atoms with Crippen molar-refractivity contribution in [3.8, 4) is 0 Å². The highest BCUT2D eigenvalue weighted by molar-refractivity contribution is 7.92. The van der Waals surface area contributed by atoms with Gasteiger partial charge in [0.15, 0.2) is 9.84 Å². The lowest BCUT2D eigenvalue weighted by Gasteiger charge is -2.29. The minimum Gasteiger partial charge on any atom is -0.390 e. The lowest BCUT2D eigenvalue weighted by atomic mass is 9.88. The molecule has 0 aromatic heterocycles. The zero-order chi connectivity index (χ0) is 34.4. The van der Waals surface area contributed by atoms with E-state index in [2.05, 4.69) is 28.9 Å². The van der Waals surface area contributed by atoms with Crippen LogP contribution in [0.15, 0.2) is 42.5 Å². The molecule has 2 aromatic carbocycles. The van der Waals surface area contributed by atoms with Crippen molar-refractivity contribution in [1.82, 2.24) is 16.0 Å². The number of amides is 2. The molecular weight excluding hydrogens is 660 g/mol. The van der Waals surface area contributed by atoms with Gasteiger partial charge < -0.3 is 21.1 Å². The maximum atomic E-state index is 14.1. The molecule has 1 aliphatic carbocycles. The van der Waals surface area contributed by atoms with Crippen LogP contribution < -0.4 is 16.0 Å². The number of aliphatic hydroxyl groups is 1. The van der Waals surface area contributed by atoms with Crippen molar-refractivity contribution < 1.29 is 31.9 Å². The van der Waals surface area contributed by atoms with Gasteiger partial charge in [-0.15, -0.1) is 12.4 Å². The van der Waals surface area contributed by atoms with Gasteiger partial charge in [0.2, 0.25) is 11.8 Å². The van der Waals surface area contributed by atoms with Crippen LogP contribution in [0, 0.1) is 17.6 Å². The molecule has 0 saturated heterocycles. The van der Waals surface area contributed by atoms with Gasteiger partial charge in [0.1, 0.15) is 17.7 Å². The fraction of sp³-hybridized carbons (Fsp3) is 0.611. The summed E-state index contributed by atoms with van der Waals surface area (Å²) in [5.74, 6) is -3.60. The molecule has 1 fully saturated rings. The predicted octanol–water partition coefficient (Wildman–Crippen LogP) is 5.58. The molecule has 1 unspecified atom stereocenters. The standard InChI is InChI=1S/C36H53F2N3O5S.ClH/c1-4-11-31(12-5-2)47(45,46)24-33(41-35(43)28-15-8-7-9-16-28)36(44)40-32(20-27-18-29(37)21-30(38)19-27)34(42)23-39-22-26-14-10-13-25(6-3)17-26;/h10,13-14,17-19,21,28,31-34,39,42H,4-9,11-12,15-16,20,22-24H2,1-3H3,(H,40,44)(H,41,43);1H/t32-,33?,34+;/m0./s1. The van der Waals surface area contributed by atoms with E-state index >= 15 is 0 Å². The molecule has 270 valence electrons. The molecule has 1 aliphatic rings. The Morgan fingerprint density at radius 1 is 0.896 bits per heavy atom. The number of hydrogen-bond donors (Lipinski definition) is 4. The molecule has 2 aromatic rings. The quantitative estimate of drug-likeness (QED) is 0.151. The molecule has 12 heteroatoms. The highest BCUT2D eigenvalue weighted by atomic mass is 35.5. The van der Waals surface area contributed by atoms with E-state index < -0.39 is 56.6 Å². The van der Waals surface area contributed by atoms with Gasteiger partial charge in [-0.3, -0.25) is 9.59 Å². The number of rotatable bonds is 19. The summed E-state index contributed by atoms with van der Waals surface area (Å²) in [4.78, 5) is 27.2. The summed E-state index contributed by atoms with van der Waals surface area (Å²) in [6.45, 7) is 6.34. The largest absolute Gasteiger partial charge is 0.390 e. The number of aryl methyl sites for hydroxylation is 1. The first-order valence-corrected chi connectivity index (χ1v) is 18.9. The lowest BCUT2D eigenvalue weighted by Crippen LogP contribution is -2.57. The van der Waals surface area contributed by atoms with Gasteiger partial charge >= 0.3 is 0 Å². The Kier molecular flexibility index (Phi) is 18.0. The Bertz CT molecular complexity index is 1380. The number of benzene rings is 2. The maximum Gasteiger partial charge on any atom is 0.243 e. The molecule has 0 aliphatic heterocycles. The summed E-state index contributed by atoms with van der Waals surface area (Å²) in [6.07, 6.45) is 5.87. The predicted molar refractivity (Wildman–Crippen MR) is 189 cm³/mol. The van der Waals surface area contributed by atoms with E-state index in [1.54, 1.807) is 0 Å². The average Bonchev–Trinajstić information content (AvgIpc) is 3.03. The topological polar surface area (TPSA) is 125 Å². The van der Waals surface area contributed by atoms with E-state index in [1.807, 2.05) is 32.0 Å². The van der Waals surface area contributed by atoms with Gasteiger partial charge in [-0.2, -0.15) is 0 Å². The molecule has 0 bridgehead atoms. The van der Waals surface area contributed by atoms with Crippen molar-refractivity contribution in [2.75, 3.05) is 12.3 Å². The third-order valence-corrected chi connectivity index (χ3v) is 11.3. The summed E-state index contributed by atoms with van der Waals surface area (Å²) in [6, 6.07) is 8.55. The minimum absolute atomic E-state index is 0. The van der Waals surface area contributed by atoms with Crippen molar-refractivity contribution in [2.24, 2.45) is 5.92 Å². The number of carbonyl (C=O) groups excluding carboxylic acids is 2. The van der Waals surface area contributed by atoms with Crippen LogP contribution in [0.1, 0.15) is 95.2 Å². The Hall–Kier alpha value is -2.60. The second-order valence-corrected chi connectivity index (χ2v) is 15.2. The number of nitrogens with one attached hydrogen (secondary N) is 3. The van der Waals surface area contributed by atoms with Gasteiger partial charge in [-0.05, 0) is 67.3 Å². The van der Waals surface area contributed by atoms with E-state index in [-0.39, 0.29) is 42.8 Å². The SMILES string of the molecule is CCCC(CCC)S(=O)(=O)CC(NC(=O)C1CCCCC1)C(=O)N[C@@H](Cc1cc(F)cc(F)c1)[C@H](O)CNCc1cccc(CC)c1.Cl. The highest BCUT2D eigenvalue weighted by Crippen LogP contribution is 2.24. The average molecular weight is 714 g/mol. The van der Waals surface area contributed by atoms with E-state index in [0.717, 1.165) is 49.4 Å². The minimum atomic E-state index is -3.79. The monoisotopic (exact) mass is 713 g/mol. The number of halogens is 3. The van der Waals surface area contributed by atoms with Gasteiger partial charge in [-0.25, -0.2) is 17.2 Å². The molecule has 0 heterocycles. The van der Waals surface area contributed by atoms with E-state index in [4.69, 9.17) is 0 Å². The van der Waals surface area contributed by atoms with Gasteiger partial charge in [-0.1, -0.05) is 77.1 Å². The maximum absolute atomic E-state index is 14.1. The summed E-state index contributed by atoms with van der Waals surface area (Å²) in [7, 11) is -3.79. The Balaban J connectivity index is 0.00000800. The first-order chi connectivity index (χ1) is 22.4. The van der Waals surface area contributed by atoms with Crippen molar-refractivity contribution in [2.45, 2.75) is 121 Å². The first kappa shape index (κ1) is 41.6. The number of sulfone groups is 1. The molecular formula is C36H54ClF2N3O5S. The molecule has 8 nitrogen and oxygen atoms in total. The van der Waals surface area contributed by atoms with Crippen molar-refractivity contribution >= 4 is 34.1 Å². The Morgan fingerprint density at radius 2 is 1.52 bits per heavy atom. The van der Waals surface area contributed by atoms with Crippen LogP contribution in [-0.2, 0) is 38.8 Å².